The van der Waals surface area contributed by atoms with Gasteiger partial charge in [0.1, 0.15) is 0 Å². The number of halogens is 1. The molecule has 0 heterocycles. The molecule has 0 fully saturated rings. The molecule has 0 aliphatic rings. The molecule has 0 aliphatic carbocycles. The normalized spacial score (nSPS) is 11.4. The van der Waals surface area contributed by atoms with Crippen LogP contribution < -0.4 is 15.2 Å². The Morgan fingerprint density at radius 2 is 1.88 bits per heavy atom. The first-order valence-corrected chi connectivity index (χ1v) is 5.13. The van der Waals surface area contributed by atoms with Crippen LogP contribution in [0, 0.1) is 0 Å². The van der Waals surface area contributed by atoms with Gasteiger partial charge in [-0.15, -0.1) is 0 Å². The summed E-state index contributed by atoms with van der Waals surface area (Å²) < 4.78 is 10.1. The van der Waals surface area contributed by atoms with Crippen LogP contribution in [0.5, 0.6) is 17.2 Å². The third kappa shape index (κ3) is 2.18. The smallest absolute Gasteiger partial charge is 0.203 e. The molecule has 0 bridgehead atoms. The number of benzene rings is 1. The Labute approximate surface area is 99.9 Å². The van der Waals surface area contributed by atoms with E-state index in [0.717, 1.165) is 0 Å². The van der Waals surface area contributed by atoms with Crippen molar-refractivity contribution in [3.63, 3.8) is 0 Å². The SMILES string of the molecule is COc1cc(Cl)c(C(C)(C)N)c(O)c1OC. The van der Waals surface area contributed by atoms with E-state index in [1.54, 1.807) is 19.9 Å². The van der Waals surface area contributed by atoms with E-state index in [9.17, 15) is 5.11 Å². The fourth-order valence-electron chi connectivity index (χ4n) is 1.56. The summed E-state index contributed by atoms with van der Waals surface area (Å²) in [4.78, 5) is 0. The molecule has 4 nitrogen and oxygen atoms in total. The third-order valence-electron chi connectivity index (χ3n) is 2.24. The van der Waals surface area contributed by atoms with Crippen LogP contribution in [-0.4, -0.2) is 19.3 Å². The molecule has 0 aliphatic heterocycles. The van der Waals surface area contributed by atoms with E-state index < -0.39 is 5.54 Å². The maximum atomic E-state index is 10.0. The van der Waals surface area contributed by atoms with E-state index in [-0.39, 0.29) is 11.5 Å². The van der Waals surface area contributed by atoms with Gasteiger partial charge in [0.2, 0.25) is 5.75 Å². The maximum Gasteiger partial charge on any atom is 0.203 e. The van der Waals surface area contributed by atoms with Crippen molar-refractivity contribution in [1.29, 1.82) is 0 Å². The number of hydrogen-bond acceptors (Lipinski definition) is 4. The van der Waals surface area contributed by atoms with Crippen LogP contribution in [0.15, 0.2) is 6.07 Å². The fraction of sp³-hybridized carbons (Fsp3) is 0.455. The van der Waals surface area contributed by atoms with Gasteiger partial charge in [0, 0.05) is 17.2 Å². The molecule has 0 atom stereocenters. The second kappa shape index (κ2) is 4.39. The summed E-state index contributed by atoms with van der Waals surface area (Å²) in [6.45, 7) is 3.50. The highest BCUT2D eigenvalue weighted by Gasteiger charge is 2.27. The van der Waals surface area contributed by atoms with Crippen LogP contribution in [0.1, 0.15) is 19.4 Å². The second-order valence-electron chi connectivity index (χ2n) is 4.04. The number of phenols is 1. The largest absolute Gasteiger partial charge is 0.504 e. The Morgan fingerprint density at radius 3 is 2.25 bits per heavy atom. The van der Waals surface area contributed by atoms with E-state index in [4.69, 9.17) is 26.8 Å². The summed E-state index contributed by atoms with van der Waals surface area (Å²) in [6.07, 6.45) is 0. The average molecular weight is 246 g/mol. The Morgan fingerprint density at radius 1 is 1.31 bits per heavy atom. The van der Waals surface area contributed by atoms with Gasteiger partial charge >= 0.3 is 0 Å². The molecular formula is C11H16ClNO3. The van der Waals surface area contributed by atoms with Crippen LogP contribution in [0.4, 0.5) is 0 Å². The van der Waals surface area contributed by atoms with Crippen molar-refractivity contribution in [3.8, 4) is 17.2 Å². The lowest BCUT2D eigenvalue weighted by Crippen LogP contribution is -2.29. The molecule has 5 heteroatoms. The van der Waals surface area contributed by atoms with Gasteiger partial charge in [-0.25, -0.2) is 0 Å². The number of hydrogen-bond donors (Lipinski definition) is 2. The van der Waals surface area contributed by atoms with Gasteiger partial charge in [0.25, 0.3) is 0 Å². The van der Waals surface area contributed by atoms with Crippen molar-refractivity contribution in [2.45, 2.75) is 19.4 Å². The summed E-state index contributed by atoms with van der Waals surface area (Å²) in [5.41, 5.74) is 5.61. The molecule has 90 valence electrons. The second-order valence-corrected chi connectivity index (χ2v) is 4.45. The first-order valence-electron chi connectivity index (χ1n) is 4.75. The lowest BCUT2D eigenvalue weighted by Gasteiger charge is -2.24. The maximum absolute atomic E-state index is 10.0. The number of nitrogens with two attached hydrogens (primary N) is 1. The Balaban J connectivity index is 3.54. The van der Waals surface area contributed by atoms with Crippen molar-refractivity contribution in [1.82, 2.24) is 0 Å². The van der Waals surface area contributed by atoms with Crippen molar-refractivity contribution in [3.05, 3.63) is 16.7 Å². The summed E-state index contributed by atoms with van der Waals surface area (Å²) in [7, 11) is 2.92. The standard InChI is InChI=1S/C11H16ClNO3/c1-11(2,13)8-6(12)5-7(15-3)10(16-4)9(8)14/h5,14H,13H2,1-4H3. The predicted molar refractivity (Wildman–Crippen MR) is 63.4 cm³/mol. The number of methoxy groups -OCH3 is 2. The van der Waals surface area contributed by atoms with E-state index in [0.29, 0.717) is 16.3 Å². The quantitative estimate of drug-likeness (QED) is 0.857. The van der Waals surface area contributed by atoms with Crippen molar-refractivity contribution < 1.29 is 14.6 Å². The minimum absolute atomic E-state index is 0.0839. The van der Waals surface area contributed by atoms with E-state index in [1.165, 1.54) is 14.2 Å². The van der Waals surface area contributed by atoms with Gasteiger partial charge in [-0.3, -0.25) is 0 Å². The zero-order valence-electron chi connectivity index (χ0n) is 9.80. The highest BCUT2D eigenvalue weighted by atomic mass is 35.5. The zero-order chi connectivity index (χ0) is 12.5. The first-order chi connectivity index (χ1) is 7.32. The zero-order valence-corrected chi connectivity index (χ0v) is 10.6. The molecule has 0 saturated heterocycles. The molecule has 0 radical (unpaired) electrons. The molecular weight excluding hydrogens is 230 g/mol. The molecule has 3 N–H and O–H groups in total. The highest BCUT2D eigenvalue weighted by molar-refractivity contribution is 6.32. The van der Waals surface area contributed by atoms with Gasteiger partial charge in [-0.2, -0.15) is 0 Å². The van der Waals surface area contributed by atoms with E-state index >= 15 is 0 Å². The molecule has 0 unspecified atom stereocenters. The Kier molecular flexibility index (Phi) is 3.55. The van der Waals surface area contributed by atoms with Crippen molar-refractivity contribution >= 4 is 11.6 Å². The average Bonchev–Trinajstić information content (AvgIpc) is 2.14. The number of rotatable bonds is 3. The van der Waals surface area contributed by atoms with Gasteiger partial charge in [0.15, 0.2) is 11.5 Å². The molecule has 16 heavy (non-hydrogen) atoms. The molecule has 0 amide bonds. The minimum Gasteiger partial charge on any atom is -0.504 e. The predicted octanol–water partition coefficient (Wildman–Crippen LogP) is 2.26. The van der Waals surface area contributed by atoms with E-state index in [2.05, 4.69) is 0 Å². The van der Waals surface area contributed by atoms with Crippen LogP contribution in [-0.2, 0) is 5.54 Å². The molecule has 0 aromatic heterocycles. The minimum atomic E-state index is -0.763. The van der Waals surface area contributed by atoms with Gasteiger partial charge < -0.3 is 20.3 Å². The number of phenolic OH excluding ortho intramolecular Hbond substituents is 1. The van der Waals surface area contributed by atoms with E-state index in [1.807, 2.05) is 0 Å². The molecule has 0 saturated carbocycles. The number of aromatic hydroxyl groups is 1. The van der Waals surface area contributed by atoms with Gasteiger partial charge in [0.05, 0.1) is 19.2 Å². The Hall–Kier alpha value is -1.13. The van der Waals surface area contributed by atoms with Crippen LogP contribution in [0.2, 0.25) is 5.02 Å². The molecule has 1 aromatic carbocycles. The third-order valence-corrected chi connectivity index (χ3v) is 2.54. The Bertz CT molecular complexity index is 399. The molecule has 1 aromatic rings. The molecule has 0 spiro atoms. The first kappa shape index (κ1) is 12.9. The summed E-state index contributed by atoms with van der Waals surface area (Å²) in [5.74, 6) is 0.526. The summed E-state index contributed by atoms with van der Waals surface area (Å²) >= 11 is 6.05. The van der Waals surface area contributed by atoms with Crippen LogP contribution >= 0.6 is 11.6 Å². The van der Waals surface area contributed by atoms with Gasteiger partial charge in [-0.1, -0.05) is 11.6 Å². The van der Waals surface area contributed by atoms with Crippen LogP contribution in [0.25, 0.3) is 0 Å². The molecule has 1 rings (SSSR count). The topological polar surface area (TPSA) is 64.7 Å². The lowest BCUT2D eigenvalue weighted by atomic mass is 9.94. The van der Waals surface area contributed by atoms with Crippen molar-refractivity contribution in [2.75, 3.05) is 14.2 Å². The fourth-order valence-corrected chi connectivity index (χ4v) is 1.99. The lowest BCUT2D eigenvalue weighted by molar-refractivity contribution is 0.327. The monoisotopic (exact) mass is 245 g/mol. The number of ether oxygens (including phenoxy) is 2. The summed E-state index contributed by atoms with van der Waals surface area (Å²) in [5, 5.41) is 10.4. The highest BCUT2D eigenvalue weighted by Crippen LogP contribution is 2.46. The van der Waals surface area contributed by atoms with Crippen LogP contribution in [0.3, 0.4) is 0 Å². The van der Waals surface area contributed by atoms with Crippen molar-refractivity contribution in [2.24, 2.45) is 5.73 Å². The van der Waals surface area contributed by atoms with Gasteiger partial charge in [-0.05, 0) is 13.8 Å². The summed E-state index contributed by atoms with van der Waals surface area (Å²) in [6, 6.07) is 1.57.